The first-order valence-corrected chi connectivity index (χ1v) is 10.4. The molecule has 4 heteroatoms. The van der Waals surface area contributed by atoms with Crippen molar-refractivity contribution in [3.63, 3.8) is 0 Å². The molecule has 0 N–H and O–H groups in total. The quantitative estimate of drug-likeness (QED) is 0.277. The Labute approximate surface area is 155 Å². The highest BCUT2D eigenvalue weighted by atomic mass is 16.5. The number of esters is 1. The lowest BCUT2D eigenvalue weighted by Gasteiger charge is -2.18. The number of amides is 1. The summed E-state index contributed by atoms with van der Waals surface area (Å²) in [4.78, 5) is 24.8. The lowest BCUT2D eigenvalue weighted by atomic mass is 10.1. The Kier molecular flexibility index (Phi) is 15.7. The standard InChI is InChI=1S/C21H41NO3/c1-5-6-7-8-9-10-11-12-13-14-15-16-17-25-20(23)18-22(4)21(24)19(2)3/h19H,5-18H2,1-4H3. The Hall–Kier alpha value is -1.06. The molecule has 0 fully saturated rings. The molecule has 148 valence electrons. The molecule has 0 bridgehead atoms. The van der Waals surface area contributed by atoms with E-state index in [2.05, 4.69) is 6.92 Å². The summed E-state index contributed by atoms with van der Waals surface area (Å²) in [5, 5.41) is 0. The first kappa shape index (κ1) is 23.9. The van der Waals surface area contributed by atoms with Gasteiger partial charge in [-0.15, -0.1) is 0 Å². The van der Waals surface area contributed by atoms with E-state index >= 15 is 0 Å². The van der Waals surface area contributed by atoms with Gasteiger partial charge in [0.2, 0.25) is 5.91 Å². The third kappa shape index (κ3) is 14.9. The fraction of sp³-hybridized carbons (Fsp3) is 0.905. The number of carbonyl (C=O) groups is 2. The van der Waals surface area contributed by atoms with Crippen LogP contribution in [0.1, 0.15) is 97.8 Å². The number of hydrogen-bond donors (Lipinski definition) is 0. The lowest BCUT2D eigenvalue weighted by Crippen LogP contribution is -2.35. The van der Waals surface area contributed by atoms with Gasteiger partial charge in [-0.2, -0.15) is 0 Å². The van der Waals surface area contributed by atoms with Crippen molar-refractivity contribution in [3.05, 3.63) is 0 Å². The molecular weight excluding hydrogens is 314 g/mol. The molecule has 0 aliphatic rings. The van der Waals surface area contributed by atoms with Crippen molar-refractivity contribution in [2.75, 3.05) is 20.2 Å². The summed E-state index contributed by atoms with van der Waals surface area (Å²) in [5.74, 6) is -0.420. The molecule has 0 aliphatic heterocycles. The highest BCUT2D eigenvalue weighted by molar-refractivity contribution is 5.82. The second-order valence-electron chi connectivity index (χ2n) is 7.46. The second kappa shape index (κ2) is 16.4. The minimum absolute atomic E-state index is 0.0256. The molecule has 0 spiro atoms. The van der Waals surface area contributed by atoms with Crippen molar-refractivity contribution in [1.82, 2.24) is 4.90 Å². The van der Waals surface area contributed by atoms with Crippen molar-refractivity contribution < 1.29 is 14.3 Å². The maximum Gasteiger partial charge on any atom is 0.325 e. The predicted octanol–water partition coefficient (Wildman–Crippen LogP) is 5.35. The Bertz CT molecular complexity index is 342. The fourth-order valence-corrected chi connectivity index (χ4v) is 2.89. The number of ether oxygens (including phenoxy) is 1. The molecule has 0 aromatic heterocycles. The van der Waals surface area contributed by atoms with Crippen molar-refractivity contribution >= 4 is 11.9 Å². The number of nitrogens with zero attached hydrogens (tertiary/aromatic N) is 1. The minimum Gasteiger partial charge on any atom is -0.464 e. The summed E-state index contributed by atoms with van der Waals surface area (Å²) in [6.45, 7) is 6.44. The highest BCUT2D eigenvalue weighted by Crippen LogP contribution is 2.12. The molecule has 25 heavy (non-hydrogen) atoms. The molecule has 4 nitrogen and oxygen atoms in total. The minimum atomic E-state index is -0.306. The number of carbonyl (C=O) groups excluding carboxylic acids is 2. The van der Waals surface area contributed by atoms with Crippen LogP contribution in [0, 0.1) is 5.92 Å². The van der Waals surface area contributed by atoms with Crippen LogP contribution >= 0.6 is 0 Å². The van der Waals surface area contributed by atoms with Crippen LogP contribution in [0.25, 0.3) is 0 Å². The van der Waals surface area contributed by atoms with Gasteiger partial charge in [0.05, 0.1) is 6.61 Å². The van der Waals surface area contributed by atoms with Crippen LogP contribution in [0.4, 0.5) is 0 Å². The third-order valence-corrected chi connectivity index (χ3v) is 4.50. The van der Waals surface area contributed by atoms with Gasteiger partial charge in [0.1, 0.15) is 6.54 Å². The largest absolute Gasteiger partial charge is 0.464 e. The van der Waals surface area contributed by atoms with Crippen molar-refractivity contribution in [1.29, 1.82) is 0 Å². The van der Waals surface area contributed by atoms with E-state index in [1.807, 2.05) is 13.8 Å². The molecule has 0 aliphatic carbocycles. The summed E-state index contributed by atoms with van der Waals surface area (Å²) >= 11 is 0. The smallest absolute Gasteiger partial charge is 0.325 e. The first-order chi connectivity index (χ1) is 12.0. The Morgan fingerprint density at radius 3 is 1.68 bits per heavy atom. The number of unbranched alkanes of at least 4 members (excludes halogenated alkanes) is 11. The maximum atomic E-state index is 11.7. The van der Waals surface area contributed by atoms with Gasteiger partial charge in [0.25, 0.3) is 0 Å². The molecule has 0 radical (unpaired) electrons. The van der Waals surface area contributed by atoms with Crippen LogP contribution in [0.5, 0.6) is 0 Å². The Morgan fingerprint density at radius 1 is 0.800 bits per heavy atom. The summed E-state index contributed by atoms with van der Waals surface area (Å²) < 4.78 is 5.20. The van der Waals surface area contributed by atoms with Gasteiger partial charge < -0.3 is 9.64 Å². The summed E-state index contributed by atoms with van der Waals surface area (Å²) in [7, 11) is 1.65. The van der Waals surface area contributed by atoms with Crippen LogP contribution in [0.2, 0.25) is 0 Å². The number of hydrogen-bond acceptors (Lipinski definition) is 3. The van der Waals surface area contributed by atoms with Crippen LogP contribution < -0.4 is 0 Å². The van der Waals surface area contributed by atoms with Gasteiger partial charge in [-0.05, 0) is 6.42 Å². The van der Waals surface area contributed by atoms with Crippen LogP contribution in [0.3, 0.4) is 0 Å². The third-order valence-electron chi connectivity index (χ3n) is 4.50. The summed E-state index contributed by atoms with van der Waals surface area (Å²) in [6.07, 6.45) is 15.5. The Morgan fingerprint density at radius 2 is 1.24 bits per heavy atom. The number of likely N-dealkylation sites (N-methyl/N-ethyl adjacent to an activating group) is 1. The molecule has 0 atom stereocenters. The van der Waals surface area contributed by atoms with E-state index in [4.69, 9.17) is 4.74 Å². The zero-order valence-corrected chi connectivity index (χ0v) is 17.1. The van der Waals surface area contributed by atoms with Crippen molar-refractivity contribution in [3.8, 4) is 0 Å². The monoisotopic (exact) mass is 355 g/mol. The van der Waals surface area contributed by atoms with E-state index in [0.29, 0.717) is 6.61 Å². The molecule has 0 rings (SSSR count). The molecular formula is C21H41NO3. The normalized spacial score (nSPS) is 10.9. The van der Waals surface area contributed by atoms with E-state index in [0.717, 1.165) is 12.8 Å². The molecule has 0 aromatic carbocycles. The highest BCUT2D eigenvalue weighted by Gasteiger charge is 2.16. The zero-order chi connectivity index (χ0) is 18.9. The van der Waals surface area contributed by atoms with Crippen LogP contribution in [-0.2, 0) is 14.3 Å². The average Bonchev–Trinajstić information content (AvgIpc) is 2.58. The second-order valence-corrected chi connectivity index (χ2v) is 7.46. The maximum absolute atomic E-state index is 11.7. The Balaban J connectivity index is 3.35. The predicted molar refractivity (Wildman–Crippen MR) is 105 cm³/mol. The van der Waals surface area contributed by atoms with E-state index in [1.54, 1.807) is 7.05 Å². The van der Waals surface area contributed by atoms with Crippen LogP contribution in [0.15, 0.2) is 0 Å². The van der Waals surface area contributed by atoms with Crippen molar-refractivity contribution in [2.45, 2.75) is 97.8 Å². The fourth-order valence-electron chi connectivity index (χ4n) is 2.89. The van der Waals surface area contributed by atoms with Crippen molar-refractivity contribution in [2.24, 2.45) is 5.92 Å². The summed E-state index contributed by atoms with van der Waals surface area (Å²) in [5.41, 5.74) is 0. The van der Waals surface area contributed by atoms with E-state index in [1.165, 1.54) is 69.1 Å². The molecule has 1 amide bonds. The summed E-state index contributed by atoms with van der Waals surface area (Å²) in [6, 6.07) is 0. The van der Waals surface area contributed by atoms with Gasteiger partial charge in [0.15, 0.2) is 0 Å². The van der Waals surface area contributed by atoms with E-state index in [-0.39, 0.29) is 24.3 Å². The topological polar surface area (TPSA) is 46.6 Å². The van der Waals surface area contributed by atoms with E-state index in [9.17, 15) is 9.59 Å². The van der Waals surface area contributed by atoms with Gasteiger partial charge in [-0.1, -0.05) is 91.4 Å². The lowest BCUT2D eigenvalue weighted by molar-refractivity contribution is -0.149. The molecule has 0 unspecified atom stereocenters. The van der Waals surface area contributed by atoms with Gasteiger partial charge >= 0.3 is 5.97 Å². The number of rotatable bonds is 16. The van der Waals surface area contributed by atoms with Gasteiger partial charge in [0, 0.05) is 13.0 Å². The molecule has 0 saturated heterocycles. The SMILES string of the molecule is CCCCCCCCCCCCCCOC(=O)CN(C)C(=O)C(C)C. The van der Waals surface area contributed by atoms with Gasteiger partial charge in [-0.25, -0.2) is 0 Å². The van der Waals surface area contributed by atoms with Crippen LogP contribution in [-0.4, -0.2) is 37.0 Å². The molecule has 0 saturated carbocycles. The average molecular weight is 356 g/mol. The molecule has 0 aromatic rings. The zero-order valence-electron chi connectivity index (χ0n) is 17.1. The van der Waals surface area contributed by atoms with Gasteiger partial charge in [-0.3, -0.25) is 9.59 Å². The molecule has 0 heterocycles. The first-order valence-electron chi connectivity index (χ1n) is 10.4. The van der Waals surface area contributed by atoms with E-state index < -0.39 is 0 Å².